The molecule has 2 nitrogen and oxygen atoms in total. The van der Waals surface area contributed by atoms with Crippen molar-refractivity contribution in [3.8, 4) is 0 Å². The van der Waals surface area contributed by atoms with E-state index >= 15 is 0 Å². The lowest BCUT2D eigenvalue weighted by atomic mass is 9.59. The molecule has 0 bridgehead atoms. The molecule has 0 heterocycles. The first-order valence-corrected chi connectivity index (χ1v) is 5.25. The molecular weight excluding hydrogens is 164 g/mol. The maximum absolute atomic E-state index is 11.4. The van der Waals surface area contributed by atoms with E-state index in [0.717, 1.165) is 19.3 Å². The normalized spacial score (nSPS) is 44.9. The second-order valence-electron chi connectivity index (χ2n) is 5.07. The van der Waals surface area contributed by atoms with Crippen LogP contribution in [0.25, 0.3) is 0 Å². The van der Waals surface area contributed by atoms with Crippen LogP contribution in [0.5, 0.6) is 0 Å². The molecule has 2 heteroatoms. The largest absolute Gasteiger partial charge is 0.396 e. The lowest BCUT2D eigenvalue weighted by molar-refractivity contribution is -0.130. The number of hydrogen-bond acceptors (Lipinski definition) is 2. The van der Waals surface area contributed by atoms with Gasteiger partial charge in [-0.1, -0.05) is 13.3 Å². The predicted octanol–water partition coefficient (Wildman–Crippen LogP) is 1.91. The molecule has 2 fully saturated rings. The highest BCUT2D eigenvalue weighted by Gasteiger charge is 2.54. The second kappa shape index (κ2) is 2.81. The Morgan fingerprint density at radius 2 is 2.15 bits per heavy atom. The van der Waals surface area contributed by atoms with Crippen LogP contribution in [0, 0.1) is 10.8 Å². The Labute approximate surface area is 79.3 Å². The molecule has 0 radical (unpaired) electrons. The minimum atomic E-state index is 0.0842. The van der Waals surface area contributed by atoms with Crippen LogP contribution in [-0.4, -0.2) is 17.5 Å². The van der Waals surface area contributed by atoms with Gasteiger partial charge in [0.25, 0.3) is 0 Å². The summed E-state index contributed by atoms with van der Waals surface area (Å²) in [5, 5.41) is 9.49. The predicted molar refractivity (Wildman–Crippen MR) is 50.3 cm³/mol. The van der Waals surface area contributed by atoms with E-state index in [4.69, 9.17) is 0 Å². The van der Waals surface area contributed by atoms with Crippen LogP contribution in [0.2, 0.25) is 0 Å². The number of aliphatic hydroxyl groups is 1. The van der Waals surface area contributed by atoms with Crippen molar-refractivity contribution in [3.05, 3.63) is 0 Å². The Morgan fingerprint density at radius 3 is 2.85 bits per heavy atom. The van der Waals surface area contributed by atoms with Gasteiger partial charge in [0.05, 0.1) is 0 Å². The number of carbonyl (C=O) groups is 1. The zero-order chi connectivity index (χ0) is 9.53. The molecule has 0 amide bonds. The van der Waals surface area contributed by atoms with Crippen molar-refractivity contribution >= 4 is 5.78 Å². The van der Waals surface area contributed by atoms with E-state index in [1.165, 1.54) is 6.42 Å². The van der Waals surface area contributed by atoms with Crippen LogP contribution >= 0.6 is 0 Å². The van der Waals surface area contributed by atoms with E-state index in [1.54, 1.807) is 0 Å². The molecule has 1 N–H and O–H groups in total. The average molecular weight is 182 g/mol. The fourth-order valence-corrected chi connectivity index (χ4v) is 3.34. The highest BCUT2D eigenvalue weighted by molar-refractivity contribution is 5.80. The van der Waals surface area contributed by atoms with Crippen LogP contribution in [-0.2, 0) is 4.79 Å². The van der Waals surface area contributed by atoms with Gasteiger partial charge in [-0.15, -0.1) is 0 Å². The molecular formula is C11H18O2. The fraction of sp³-hybridized carbons (Fsp3) is 0.909. The number of carbonyl (C=O) groups excluding carboxylic acids is 1. The highest BCUT2D eigenvalue weighted by Crippen LogP contribution is 2.59. The Hall–Kier alpha value is -0.370. The number of rotatable bonds is 1. The van der Waals surface area contributed by atoms with Crippen molar-refractivity contribution in [3.63, 3.8) is 0 Å². The van der Waals surface area contributed by atoms with Crippen molar-refractivity contribution in [2.75, 3.05) is 6.61 Å². The van der Waals surface area contributed by atoms with Gasteiger partial charge in [-0.05, 0) is 30.1 Å². The van der Waals surface area contributed by atoms with Crippen molar-refractivity contribution in [2.24, 2.45) is 10.8 Å². The average Bonchev–Trinajstić information content (AvgIpc) is 2.41. The van der Waals surface area contributed by atoms with Gasteiger partial charge in [0.15, 0.2) is 0 Å². The number of aliphatic hydroxyl groups excluding tert-OH is 1. The second-order valence-corrected chi connectivity index (χ2v) is 5.07. The van der Waals surface area contributed by atoms with Crippen LogP contribution < -0.4 is 0 Å². The third kappa shape index (κ3) is 1.15. The van der Waals surface area contributed by atoms with Gasteiger partial charge < -0.3 is 5.11 Å². The Kier molecular flexibility index (Phi) is 1.99. The lowest BCUT2D eigenvalue weighted by Gasteiger charge is -2.46. The molecule has 0 unspecified atom stereocenters. The van der Waals surface area contributed by atoms with Crippen LogP contribution in [0.4, 0.5) is 0 Å². The van der Waals surface area contributed by atoms with Crippen molar-refractivity contribution < 1.29 is 9.90 Å². The van der Waals surface area contributed by atoms with Gasteiger partial charge in [-0.25, -0.2) is 0 Å². The molecule has 0 spiro atoms. The maximum atomic E-state index is 11.4. The summed E-state index contributed by atoms with van der Waals surface area (Å²) in [5.74, 6) is 0.397. The zero-order valence-corrected chi connectivity index (χ0v) is 8.31. The number of fused-ring (bicyclic) bond motifs is 1. The van der Waals surface area contributed by atoms with E-state index in [-0.39, 0.29) is 17.4 Å². The summed E-state index contributed by atoms with van der Waals surface area (Å²) in [6, 6.07) is 0. The molecule has 0 aromatic carbocycles. The molecule has 74 valence electrons. The molecule has 2 aliphatic rings. The SMILES string of the molecule is C[C@]12CCC[C@@]1(CO)CCC(=O)C2. The lowest BCUT2D eigenvalue weighted by Crippen LogP contribution is -2.43. The van der Waals surface area contributed by atoms with Gasteiger partial charge in [0.1, 0.15) is 5.78 Å². The van der Waals surface area contributed by atoms with E-state index < -0.39 is 0 Å². The number of ketones is 1. The standard InChI is InChI=1S/C11H18O2/c1-10-4-2-5-11(10,8-12)6-3-9(13)7-10/h12H,2-8H2,1H3/t10-,11+/m1/s1. The molecule has 2 saturated carbocycles. The Morgan fingerprint density at radius 1 is 1.38 bits per heavy atom. The summed E-state index contributed by atoms with van der Waals surface area (Å²) in [6.07, 6.45) is 5.74. The van der Waals surface area contributed by atoms with E-state index in [2.05, 4.69) is 6.92 Å². The monoisotopic (exact) mass is 182 g/mol. The molecule has 13 heavy (non-hydrogen) atoms. The topological polar surface area (TPSA) is 37.3 Å². The highest BCUT2D eigenvalue weighted by atomic mass is 16.3. The minimum Gasteiger partial charge on any atom is -0.396 e. The number of hydrogen-bond donors (Lipinski definition) is 1. The third-order valence-corrected chi connectivity index (χ3v) is 4.44. The first-order chi connectivity index (χ1) is 6.12. The maximum Gasteiger partial charge on any atom is 0.133 e. The van der Waals surface area contributed by atoms with Gasteiger partial charge in [-0.3, -0.25) is 4.79 Å². The summed E-state index contributed by atoms with van der Waals surface area (Å²) in [6.45, 7) is 2.46. The molecule has 2 rings (SSSR count). The summed E-state index contributed by atoms with van der Waals surface area (Å²) in [4.78, 5) is 11.4. The van der Waals surface area contributed by atoms with E-state index in [1.807, 2.05) is 0 Å². The smallest absolute Gasteiger partial charge is 0.133 e. The molecule has 0 aliphatic heterocycles. The Balaban J connectivity index is 2.29. The zero-order valence-electron chi connectivity index (χ0n) is 8.31. The third-order valence-electron chi connectivity index (χ3n) is 4.44. The van der Waals surface area contributed by atoms with E-state index in [0.29, 0.717) is 18.6 Å². The first kappa shape index (κ1) is 9.20. The fourth-order valence-electron chi connectivity index (χ4n) is 3.34. The molecule has 0 aromatic heterocycles. The van der Waals surface area contributed by atoms with Gasteiger partial charge >= 0.3 is 0 Å². The summed E-state index contributed by atoms with van der Waals surface area (Å²) < 4.78 is 0. The number of Topliss-reactive ketones (excluding diaryl/α,β-unsaturated/α-hetero) is 1. The molecule has 0 aromatic rings. The Bertz CT molecular complexity index is 236. The van der Waals surface area contributed by atoms with Crippen molar-refractivity contribution in [1.29, 1.82) is 0 Å². The van der Waals surface area contributed by atoms with Crippen molar-refractivity contribution in [1.82, 2.24) is 0 Å². The summed E-state index contributed by atoms with van der Waals surface area (Å²) in [7, 11) is 0. The van der Waals surface area contributed by atoms with E-state index in [9.17, 15) is 9.90 Å². The van der Waals surface area contributed by atoms with Gasteiger partial charge in [-0.2, -0.15) is 0 Å². The van der Waals surface area contributed by atoms with Crippen LogP contribution in [0.3, 0.4) is 0 Å². The quantitative estimate of drug-likeness (QED) is 0.672. The summed E-state index contributed by atoms with van der Waals surface area (Å²) >= 11 is 0. The van der Waals surface area contributed by atoms with Crippen molar-refractivity contribution in [2.45, 2.75) is 45.4 Å². The molecule has 2 aliphatic carbocycles. The summed E-state index contributed by atoms with van der Waals surface area (Å²) in [5.41, 5.74) is 0.192. The van der Waals surface area contributed by atoms with Crippen LogP contribution in [0.15, 0.2) is 0 Å². The first-order valence-electron chi connectivity index (χ1n) is 5.25. The molecule has 2 atom stereocenters. The van der Waals surface area contributed by atoms with Crippen LogP contribution in [0.1, 0.15) is 45.4 Å². The minimum absolute atomic E-state index is 0.0842. The van der Waals surface area contributed by atoms with Gasteiger partial charge in [0, 0.05) is 19.4 Å². The molecule has 0 saturated heterocycles. The van der Waals surface area contributed by atoms with Gasteiger partial charge in [0.2, 0.25) is 0 Å².